The topological polar surface area (TPSA) is 76.9 Å². The number of carbonyl (C=O) groups is 2. The molecule has 7 rings (SSSR count). The maximum Gasteiger partial charge on any atom is 0.242 e. The van der Waals surface area contributed by atoms with Crippen LogP contribution < -0.4 is 14.4 Å². The van der Waals surface area contributed by atoms with Gasteiger partial charge in [0.1, 0.15) is 12.4 Å². The van der Waals surface area contributed by atoms with Gasteiger partial charge in [-0.25, -0.2) is 4.68 Å². The molecular formula is C32H30N4O4S. The summed E-state index contributed by atoms with van der Waals surface area (Å²) in [7, 11) is 0. The van der Waals surface area contributed by atoms with Crippen LogP contribution in [-0.4, -0.2) is 58.7 Å². The highest BCUT2D eigenvalue weighted by Gasteiger charge is 2.38. The van der Waals surface area contributed by atoms with Crippen LogP contribution >= 0.6 is 11.8 Å². The number of benzene rings is 3. The molecular weight excluding hydrogens is 536 g/mol. The Labute approximate surface area is 242 Å². The van der Waals surface area contributed by atoms with Crippen molar-refractivity contribution in [1.29, 1.82) is 0 Å². The van der Waals surface area contributed by atoms with Gasteiger partial charge in [-0.05, 0) is 49.6 Å². The standard InChI is InChI=1S/C32H30N4O4S/c1-21-9-12-24(13-10-21)36-32-29(30(33-36)22-7-3-2-4-8-22)31(23-11-14-25-26(17-23)40-20-39-25)41-19-28(38)35(32)18-27(37)34-15-5-6-16-34/h2-4,7-14,17,31H,5-6,15-16,18-20H2,1H3/t31-/m1/s1. The fraction of sp³-hybridized carbons (Fsp3) is 0.281. The van der Waals surface area contributed by atoms with E-state index in [4.69, 9.17) is 14.6 Å². The average molecular weight is 567 g/mol. The van der Waals surface area contributed by atoms with Gasteiger partial charge in [0.25, 0.3) is 0 Å². The van der Waals surface area contributed by atoms with Crippen molar-refractivity contribution in [2.24, 2.45) is 0 Å². The molecule has 3 aromatic carbocycles. The number of carbonyl (C=O) groups excluding carboxylic acids is 2. The number of likely N-dealkylation sites (tertiary alicyclic amines) is 1. The molecule has 1 saturated heterocycles. The van der Waals surface area contributed by atoms with E-state index in [0.29, 0.717) is 17.3 Å². The van der Waals surface area contributed by atoms with E-state index in [1.165, 1.54) is 0 Å². The number of amides is 2. The first kappa shape index (κ1) is 25.7. The van der Waals surface area contributed by atoms with Crippen molar-refractivity contribution in [3.8, 4) is 28.4 Å². The average Bonchev–Trinajstić information content (AvgIpc) is 3.76. The molecule has 0 N–H and O–H groups in total. The van der Waals surface area contributed by atoms with Gasteiger partial charge < -0.3 is 14.4 Å². The van der Waals surface area contributed by atoms with E-state index in [1.54, 1.807) is 16.7 Å². The summed E-state index contributed by atoms with van der Waals surface area (Å²) < 4.78 is 13.1. The number of ether oxygens (including phenoxy) is 2. The number of aromatic nitrogens is 2. The second-order valence-electron chi connectivity index (χ2n) is 10.6. The van der Waals surface area contributed by atoms with E-state index < -0.39 is 0 Å². The Bertz CT molecular complexity index is 1610. The summed E-state index contributed by atoms with van der Waals surface area (Å²) in [6.07, 6.45) is 1.98. The van der Waals surface area contributed by atoms with Crippen molar-refractivity contribution < 1.29 is 19.1 Å². The lowest BCUT2D eigenvalue weighted by Gasteiger charge is -2.25. The van der Waals surface area contributed by atoms with E-state index in [9.17, 15) is 9.59 Å². The third-order valence-electron chi connectivity index (χ3n) is 7.87. The summed E-state index contributed by atoms with van der Waals surface area (Å²) in [6.45, 7) is 3.67. The Morgan fingerprint density at radius 2 is 1.73 bits per heavy atom. The number of rotatable bonds is 5. The molecule has 4 heterocycles. The van der Waals surface area contributed by atoms with Crippen LogP contribution in [0.25, 0.3) is 16.9 Å². The van der Waals surface area contributed by atoms with E-state index in [2.05, 4.69) is 0 Å². The Hall–Kier alpha value is -4.24. The van der Waals surface area contributed by atoms with Gasteiger partial charge in [-0.15, -0.1) is 11.8 Å². The Balaban J connectivity index is 1.46. The number of aryl methyl sites for hydroxylation is 1. The van der Waals surface area contributed by atoms with Crippen molar-refractivity contribution in [2.75, 3.05) is 37.1 Å². The van der Waals surface area contributed by atoms with Crippen LogP contribution in [0.5, 0.6) is 11.5 Å². The molecule has 2 amide bonds. The highest BCUT2D eigenvalue weighted by atomic mass is 32.2. The van der Waals surface area contributed by atoms with Crippen LogP contribution in [-0.2, 0) is 9.59 Å². The maximum atomic E-state index is 13.9. The molecule has 4 aromatic rings. The predicted molar refractivity (Wildman–Crippen MR) is 159 cm³/mol. The van der Waals surface area contributed by atoms with Crippen molar-refractivity contribution >= 4 is 29.4 Å². The summed E-state index contributed by atoms with van der Waals surface area (Å²) in [4.78, 5) is 30.9. The molecule has 1 fully saturated rings. The summed E-state index contributed by atoms with van der Waals surface area (Å²) in [5.41, 5.74) is 5.58. The van der Waals surface area contributed by atoms with Gasteiger partial charge in [0.05, 0.1) is 22.4 Å². The molecule has 3 aliphatic rings. The SMILES string of the molecule is Cc1ccc(-n2nc(-c3ccccc3)c3c2N(CC(=O)N2CCCC2)C(=O)CS[C@@H]3c2ccc3c(c2)OCO3)cc1. The summed E-state index contributed by atoms with van der Waals surface area (Å²) in [5.74, 6) is 2.11. The monoisotopic (exact) mass is 566 g/mol. The molecule has 0 unspecified atom stereocenters. The van der Waals surface area contributed by atoms with Gasteiger partial charge in [-0.1, -0.05) is 54.1 Å². The van der Waals surface area contributed by atoms with Crippen LogP contribution in [0.15, 0.2) is 72.8 Å². The van der Waals surface area contributed by atoms with Crippen molar-refractivity contribution in [1.82, 2.24) is 14.7 Å². The predicted octanol–water partition coefficient (Wildman–Crippen LogP) is 5.37. The first-order valence-corrected chi connectivity index (χ1v) is 15.0. The molecule has 1 atom stereocenters. The Morgan fingerprint density at radius 1 is 0.976 bits per heavy atom. The van der Waals surface area contributed by atoms with Gasteiger partial charge in [-0.3, -0.25) is 14.5 Å². The third kappa shape index (κ3) is 4.74. The van der Waals surface area contributed by atoms with E-state index in [-0.39, 0.29) is 36.2 Å². The fourth-order valence-corrected chi connectivity index (χ4v) is 6.92. The largest absolute Gasteiger partial charge is 0.454 e. The third-order valence-corrected chi connectivity index (χ3v) is 9.12. The number of thioether (sulfide) groups is 1. The molecule has 0 bridgehead atoms. The van der Waals surface area contributed by atoms with Crippen molar-refractivity contribution in [2.45, 2.75) is 25.0 Å². The smallest absolute Gasteiger partial charge is 0.242 e. The normalized spacial score (nSPS) is 18.0. The summed E-state index contributed by atoms with van der Waals surface area (Å²) >= 11 is 1.55. The zero-order valence-corrected chi connectivity index (χ0v) is 23.6. The van der Waals surface area contributed by atoms with Gasteiger partial charge in [0.15, 0.2) is 11.5 Å². The highest BCUT2D eigenvalue weighted by Crippen LogP contribution is 2.50. The molecule has 1 aromatic heterocycles. The lowest BCUT2D eigenvalue weighted by Crippen LogP contribution is -2.43. The molecule has 9 heteroatoms. The van der Waals surface area contributed by atoms with Crippen LogP contribution in [0.3, 0.4) is 0 Å². The minimum atomic E-state index is -0.232. The van der Waals surface area contributed by atoms with Crippen molar-refractivity contribution in [3.63, 3.8) is 0 Å². The molecule has 0 aliphatic carbocycles. The summed E-state index contributed by atoms with van der Waals surface area (Å²) in [5, 5.41) is 4.94. The van der Waals surface area contributed by atoms with Gasteiger partial charge in [0, 0.05) is 24.2 Å². The first-order valence-electron chi connectivity index (χ1n) is 13.9. The first-order chi connectivity index (χ1) is 20.1. The molecule has 0 saturated carbocycles. The molecule has 208 valence electrons. The van der Waals surface area contributed by atoms with Gasteiger partial charge in [0.2, 0.25) is 18.6 Å². The molecule has 0 spiro atoms. The molecule has 0 radical (unpaired) electrons. The lowest BCUT2D eigenvalue weighted by atomic mass is 9.99. The van der Waals surface area contributed by atoms with E-state index >= 15 is 0 Å². The second-order valence-corrected chi connectivity index (χ2v) is 11.7. The Morgan fingerprint density at radius 3 is 2.51 bits per heavy atom. The van der Waals surface area contributed by atoms with Crippen LogP contribution in [0.2, 0.25) is 0 Å². The number of fused-ring (bicyclic) bond motifs is 2. The molecule has 8 nitrogen and oxygen atoms in total. The summed E-state index contributed by atoms with van der Waals surface area (Å²) in [6, 6.07) is 24.1. The maximum absolute atomic E-state index is 13.9. The second kappa shape index (κ2) is 10.6. The number of hydrogen-bond donors (Lipinski definition) is 0. The van der Waals surface area contributed by atoms with Gasteiger partial charge >= 0.3 is 0 Å². The van der Waals surface area contributed by atoms with Crippen LogP contribution in [0.1, 0.15) is 34.8 Å². The van der Waals surface area contributed by atoms with E-state index in [0.717, 1.165) is 59.6 Å². The minimum Gasteiger partial charge on any atom is -0.454 e. The van der Waals surface area contributed by atoms with Gasteiger partial charge in [-0.2, -0.15) is 5.10 Å². The molecule has 41 heavy (non-hydrogen) atoms. The molecule has 3 aliphatic heterocycles. The minimum absolute atomic E-state index is 0.0218. The number of hydrogen-bond acceptors (Lipinski definition) is 6. The number of anilines is 1. The zero-order valence-electron chi connectivity index (χ0n) is 22.8. The van der Waals surface area contributed by atoms with E-state index in [1.807, 2.05) is 89.3 Å². The Kier molecular flexibility index (Phi) is 6.66. The highest BCUT2D eigenvalue weighted by molar-refractivity contribution is 8.00. The fourth-order valence-electron chi connectivity index (χ4n) is 5.74. The number of nitrogens with zero attached hydrogens (tertiary/aromatic N) is 4. The van der Waals surface area contributed by atoms with Crippen molar-refractivity contribution in [3.05, 3.63) is 89.5 Å². The van der Waals surface area contributed by atoms with Crippen LogP contribution in [0, 0.1) is 6.92 Å². The quantitative estimate of drug-likeness (QED) is 0.323. The van der Waals surface area contributed by atoms with Crippen LogP contribution in [0.4, 0.5) is 5.82 Å². The lowest BCUT2D eigenvalue weighted by molar-refractivity contribution is -0.130. The zero-order chi connectivity index (χ0) is 27.9.